The predicted molar refractivity (Wildman–Crippen MR) is 126 cm³/mol. The van der Waals surface area contributed by atoms with Crippen molar-refractivity contribution in [3.05, 3.63) is 76.7 Å². The van der Waals surface area contributed by atoms with Gasteiger partial charge in [0.15, 0.2) is 5.58 Å². The lowest BCUT2D eigenvalue weighted by molar-refractivity contribution is 0.0981. The van der Waals surface area contributed by atoms with Crippen LogP contribution in [0.4, 0.5) is 5.69 Å². The number of pyridine rings is 1. The molecule has 3 heterocycles. The number of amides is 1. The molecular weight excluding hydrogens is 438 g/mol. The molecule has 166 valence electrons. The molecule has 7 heteroatoms. The summed E-state index contributed by atoms with van der Waals surface area (Å²) < 4.78 is 11.4. The lowest BCUT2D eigenvalue weighted by Gasteiger charge is -2.34. The SMILES string of the molecule is Cc1noc2cc(Cl)c(Oc3ccncc3C(=O)N3CCC(C4CC4)c4ccccc43)cc12. The molecule has 1 saturated carbocycles. The molecule has 0 N–H and O–H groups in total. The van der Waals surface area contributed by atoms with Gasteiger partial charge in [-0.2, -0.15) is 0 Å². The summed E-state index contributed by atoms with van der Waals surface area (Å²) in [6, 6.07) is 13.4. The molecule has 4 aromatic rings. The van der Waals surface area contributed by atoms with Gasteiger partial charge in [0.05, 0.1) is 10.7 Å². The van der Waals surface area contributed by atoms with Crippen molar-refractivity contribution < 1.29 is 14.1 Å². The van der Waals surface area contributed by atoms with Crippen molar-refractivity contribution in [3.63, 3.8) is 0 Å². The van der Waals surface area contributed by atoms with Gasteiger partial charge in [-0.05, 0) is 61.8 Å². The molecule has 0 spiro atoms. The third-order valence-electron chi connectivity index (χ3n) is 6.66. The molecule has 1 atom stereocenters. The first-order chi connectivity index (χ1) is 16.1. The zero-order chi connectivity index (χ0) is 22.5. The van der Waals surface area contributed by atoms with Crippen molar-refractivity contribution in [2.24, 2.45) is 5.92 Å². The zero-order valence-corrected chi connectivity index (χ0v) is 18.9. The highest BCUT2D eigenvalue weighted by molar-refractivity contribution is 6.32. The zero-order valence-electron chi connectivity index (χ0n) is 18.1. The lowest BCUT2D eigenvalue weighted by atomic mass is 9.86. The first kappa shape index (κ1) is 20.2. The quantitative estimate of drug-likeness (QED) is 0.347. The van der Waals surface area contributed by atoms with Crippen molar-refractivity contribution in [1.29, 1.82) is 0 Å². The highest BCUT2D eigenvalue weighted by atomic mass is 35.5. The Morgan fingerprint density at radius 2 is 2.00 bits per heavy atom. The number of hydrogen-bond acceptors (Lipinski definition) is 5. The summed E-state index contributed by atoms with van der Waals surface area (Å²) in [5.41, 5.74) is 3.98. The molecule has 2 aromatic heterocycles. The number of ether oxygens (including phenoxy) is 1. The monoisotopic (exact) mass is 459 g/mol. The minimum atomic E-state index is -0.127. The van der Waals surface area contributed by atoms with Crippen molar-refractivity contribution in [3.8, 4) is 11.5 Å². The van der Waals surface area contributed by atoms with E-state index >= 15 is 0 Å². The molecule has 1 aliphatic carbocycles. The molecule has 0 radical (unpaired) electrons. The molecule has 1 amide bonds. The number of hydrogen-bond donors (Lipinski definition) is 0. The van der Waals surface area contributed by atoms with Crippen LogP contribution >= 0.6 is 11.6 Å². The smallest absolute Gasteiger partial charge is 0.263 e. The second-order valence-corrected chi connectivity index (χ2v) is 9.18. The van der Waals surface area contributed by atoms with Crippen LogP contribution in [0.2, 0.25) is 5.02 Å². The average molecular weight is 460 g/mol. The number of carbonyl (C=O) groups is 1. The summed E-state index contributed by atoms with van der Waals surface area (Å²) in [6.45, 7) is 2.53. The van der Waals surface area contributed by atoms with E-state index in [-0.39, 0.29) is 5.91 Å². The molecule has 1 fully saturated rings. The van der Waals surface area contributed by atoms with Crippen molar-refractivity contribution >= 4 is 34.2 Å². The number of fused-ring (bicyclic) bond motifs is 2. The fourth-order valence-electron chi connectivity index (χ4n) is 4.82. The molecule has 0 saturated heterocycles. The predicted octanol–water partition coefficient (Wildman–Crippen LogP) is 6.52. The molecule has 6 nitrogen and oxygen atoms in total. The summed E-state index contributed by atoms with van der Waals surface area (Å²) in [7, 11) is 0. The second kappa shape index (κ2) is 7.89. The standard InChI is InChI=1S/C26H22ClN3O3/c1-15-19-12-25(21(27)13-24(19)33-29-15)32-23-8-10-28-14-20(23)26(31)30-11-9-17(16-6-7-16)18-4-2-3-5-22(18)30/h2-5,8,10,12-14,16-17H,6-7,9,11H2,1H3. The maximum absolute atomic E-state index is 13.7. The van der Waals surface area contributed by atoms with Crippen LogP contribution in [-0.4, -0.2) is 22.6 Å². The van der Waals surface area contributed by atoms with Crippen molar-refractivity contribution in [1.82, 2.24) is 10.1 Å². The van der Waals surface area contributed by atoms with Gasteiger partial charge in [0.1, 0.15) is 17.1 Å². The van der Waals surface area contributed by atoms with E-state index in [1.54, 1.807) is 30.6 Å². The highest BCUT2D eigenvalue weighted by Crippen LogP contribution is 2.49. The largest absolute Gasteiger partial charge is 0.455 e. The van der Waals surface area contributed by atoms with Gasteiger partial charge in [0, 0.05) is 36.1 Å². The normalized spacial score (nSPS) is 17.8. The number of aromatic nitrogens is 2. The molecule has 2 aromatic carbocycles. The Hall–Kier alpha value is -3.38. The van der Waals surface area contributed by atoms with E-state index in [0.717, 1.165) is 29.1 Å². The van der Waals surface area contributed by atoms with Crippen LogP contribution in [0.15, 0.2) is 59.4 Å². The fourth-order valence-corrected chi connectivity index (χ4v) is 5.02. The van der Waals surface area contributed by atoms with E-state index < -0.39 is 0 Å². The van der Waals surface area contributed by atoms with Crippen LogP contribution in [0.25, 0.3) is 11.0 Å². The number of aryl methyl sites for hydroxylation is 1. The molecule has 2 aliphatic rings. The minimum Gasteiger partial charge on any atom is -0.455 e. The lowest BCUT2D eigenvalue weighted by Crippen LogP contribution is -2.37. The highest BCUT2D eigenvalue weighted by Gasteiger charge is 2.38. The third-order valence-corrected chi connectivity index (χ3v) is 6.96. The van der Waals surface area contributed by atoms with Crippen LogP contribution in [0.5, 0.6) is 11.5 Å². The first-order valence-corrected chi connectivity index (χ1v) is 11.6. The van der Waals surface area contributed by atoms with E-state index in [1.807, 2.05) is 24.0 Å². The van der Waals surface area contributed by atoms with E-state index in [2.05, 4.69) is 22.3 Å². The number of benzene rings is 2. The summed E-state index contributed by atoms with van der Waals surface area (Å²) in [5, 5.41) is 5.17. The van der Waals surface area contributed by atoms with Crippen LogP contribution in [0.3, 0.4) is 0 Å². The molecule has 6 rings (SSSR count). The Morgan fingerprint density at radius 3 is 2.85 bits per heavy atom. The van der Waals surface area contributed by atoms with Crippen LogP contribution < -0.4 is 9.64 Å². The molecule has 1 aliphatic heterocycles. The molecular formula is C26H22ClN3O3. The number of anilines is 1. The van der Waals surface area contributed by atoms with E-state index in [4.69, 9.17) is 20.9 Å². The summed E-state index contributed by atoms with van der Waals surface area (Å²) in [6.07, 6.45) is 6.70. The van der Waals surface area contributed by atoms with Gasteiger partial charge in [-0.15, -0.1) is 0 Å². The average Bonchev–Trinajstić information content (AvgIpc) is 3.62. The molecule has 0 bridgehead atoms. The van der Waals surface area contributed by atoms with Gasteiger partial charge in [-0.25, -0.2) is 0 Å². The Labute approximate surface area is 196 Å². The first-order valence-electron chi connectivity index (χ1n) is 11.2. The van der Waals surface area contributed by atoms with E-state index in [9.17, 15) is 4.79 Å². The fraction of sp³-hybridized carbons (Fsp3) is 0.269. The Kier molecular flexibility index (Phi) is 4.84. The van der Waals surface area contributed by atoms with Gasteiger partial charge in [0.25, 0.3) is 5.91 Å². The Bertz CT molecular complexity index is 1380. The number of para-hydroxylation sites is 1. The maximum atomic E-state index is 13.7. The number of halogens is 1. The summed E-state index contributed by atoms with van der Waals surface area (Å²) >= 11 is 6.44. The van der Waals surface area contributed by atoms with Crippen molar-refractivity contribution in [2.45, 2.75) is 32.1 Å². The van der Waals surface area contributed by atoms with Gasteiger partial charge < -0.3 is 14.2 Å². The van der Waals surface area contributed by atoms with Crippen LogP contribution in [0, 0.1) is 12.8 Å². The summed E-state index contributed by atoms with van der Waals surface area (Å²) in [4.78, 5) is 19.8. The number of carbonyl (C=O) groups excluding carboxylic acids is 1. The number of nitrogens with zero attached hydrogens (tertiary/aromatic N) is 3. The molecule has 1 unspecified atom stereocenters. The topological polar surface area (TPSA) is 68.5 Å². The Morgan fingerprint density at radius 1 is 1.15 bits per heavy atom. The molecule has 33 heavy (non-hydrogen) atoms. The van der Waals surface area contributed by atoms with Gasteiger partial charge >= 0.3 is 0 Å². The van der Waals surface area contributed by atoms with Gasteiger partial charge in [0.2, 0.25) is 0 Å². The van der Waals surface area contributed by atoms with E-state index in [1.165, 1.54) is 18.4 Å². The van der Waals surface area contributed by atoms with Crippen LogP contribution in [-0.2, 0) is 0 Å². The van der Waals surface area contributed by atoms with Gasteiger partial charge in [-0.3, -0.25) is 9.78 Å². The van der Waals surface area contributed by atoms with Crippen LogP contribution in [0.1, 0.15) is 46.8 Å². The minimum absolute atomic E-state index is 0.127. The summed E-state index contributed by atoms with van der Waals surface area (Å²) in [5.74, 6) is 2.00. The third kappa shape index (κ3) is 3.55. The van der Waals surface area contributed by atoms with Crippen molar-refractivity contribution in [2.75, 3.05) is 11.4 Å². The number of rotatable bonds is 4. The van der Waals surface area contributed by atoms with Gasteiger partial charge in [-0.1, -0.05) is 35.0 Å². The van der Waals surface area contributed by atoms with E-state index in [0.29, 0.717) is 40.1 Å². The Balaban J connectivity index is 1.35. The second-order valence-electron chi connectivity index (χ2n) is 8.77. The maximum Gasteiger partial charge on any atom is 0.263 e.